The minimum absolute atomic E-state index is 0.305. The van der Waals surface area contributed by atoms with Crippen LogP contribution in [0.15, 0.2) is 29.3 Å². The molecular formula is C22H38N4O2. The molecule has 1 aliphatic heterocycles. The molecule has 2 rings (SSSR count). The third-order valence-corrected chi connectivity index (χ3v) is 4.83. The van der Waals surface area contributed by atoms with Crippen LogP contribution in [0.5, 0.6) is 0 Å². The van der Waals surface area contributed by atoms with E-state index in [4.69, 9.17) is 14.5 Å². The largest absolute Gasteiger partial charge is 0.379 e. The highest BCUT2D eigenvalue weighted by Crippen LogP contribution is 2.12. The minimum Gasteiger partial charge on any atom is -0.379 e. The molecule has 1 aliphatic rings. The summed E-state index contributed by atoms with van der Waals surface area (Å²) in [4.78, 5) is 7.03. The summed E-state index contributed by atoms with van der Waals surface area (Å²) in [6.45, 7) is 11.0. The second-order valence-corrected chi connectivity index (χ2v) is 7.34. The van der Waals surface area contributed by atoms with Crippen LogP contribution in [0, 0.1) is 0 Å². The Balaban J connectivity index is 1.71. The number of nitrogens with one attached hydrogen (secondary N) is 2. The first kappa shape index (κ1) is 22.7. The Labute approximate surface area is 170 Å². The van der Waals surface area contributed by atoms with Crippen molar-refractivity contribution in [3.63, 3.8) is 0 Å². The molecule has 1 saturated heterocycles. The molecule has 0 aliphatic carbocycles. The number of benzene rings is 1. The van der Waals surface area contributed by atoms with Gasteiger partial charge >= 0.3 is 0 Å². The summed E-state index contributed by atoms with van der Waals surface area (Å²) < 4.78 is 11.3. The molecule has 1 fully saturated rings. The van der Waals surface area contributed by atoms with Crippen molar-refractivity contribution in [3.8, 4) is 0 Å². The molecule has 0 amide bonds. The van der Waals surface area contributed by atoms with Crippen LogP contribution in [0.3, 0.4) is 0 Å². The van der Waals surface area contributed by atoms with Gasteiger partial charge in [0, 0.05) is 32.8 Å². The van der Waals surface area contributed by atoms with Gasteiger partial charge in [-0.05, 0) is 50.9 Å². The second-order valence-electron chi connectivity index (χ2n) is 7.34. The highest BCUT2D eigenvalue weighted by molar-refractivity contribution is 5.79. The van der Waals surface area contributed by atoms with E-state index in [1.807, 2.05) is 0 Å². The highest BCUT2D eigenvalue weighted by atomic mass is 16.5. The quantitative estimate of drug-likeness (QED) is 0.326. The fourth-order valence-corrected chi connectivity index (χ4v) is 3.13. The first-order valence-corrected chi connectivity index (χ1v) is 10.7. The lowest BCUT2D eigenvalue weighted by atomic mass is 10.1. The first-order chi connectivity index (χ1) is 13.7. The van der Waals surface area contributed by atoms with Gasteiger partial charge in [0.15, 0.2) is 5.96 Å². The normalized spacial score (nSPS) is 17.3. The molecule has 0 saturated carbocycles. The van der Waals surface area contributed by atoms with E-state index in [0.29, 0.717) is 12.6 Å². The van der Waals surface area contributed by atoms with Crippen molar-refractivity contribution in [1.82, 2.24) is 15.5 Å². The summed E-state index contributed by atoms with van der Waals surface area (Å²) in [5.41, 5.74) is 2.57. The Bertz CT molecular complexity index is 573. The molecule has 0 aromatic heterocycles. The van der Waals surface area contributed by atoms with Gasteiger partial charge in [-0.15, -0.1) is 0 Å². The lowest BCUT2D eigenvalue weighted by Crippen LogP contribution is -2.38. The van der Waals surface area contributed by atoms with Gasteiger partial charge in [0.1, 0.15) is 0 Å². The molecule has 6 nitrogen and oxygen atoms in total. The molecule has 158 valence electrons. The lowest BCUT2D eigenvalue weighted by molar-refractivity contribution is 0.0168. The zero-order valence-electron chi connectivity index (χ0n) is 17.9. The maximum Gasteiger partial charge on any atom is 0.191 e. The number of hydrogen-bond acceptors (Lipinski definition) is 4. The van der Waals surface area contributed by atoms with Crippen LogP contribution < -0.4 is 10.6 Å². The van der Waals surface area contributed by atoms with Gasteiger partial charge in [-0.1, -0.05) is 31.2 Å². The molecule has 2 N–H and O–H groups in total. The van der Waals surface area contributed by atoms with Crippen LogP contribution >= 0.6 is 0 Å². The Morgan fingerprint density at radius 1 is 1.29 bits per heavy atom. The van der Waals surface area contributed by atoms with Crippen LogP contribution in [-0.4, -0.2) is 63.5 Å². The fraction of sp³-hybridized carbons (Fsp3) is 0.682. The monoisotopic (exact) mass is 390 g/mol. The van der Waals surface area contributed by atoms with E-state index in [2.05, 4.69) is 60.7 Å². The number of guanidine groups is 1. The second kappa shape index (κ2) is 13.5. The van der Waals surface area contributed by atoms with Gasteiger partial charge in [0.2, 0.25) is 0 Å². The molecule has 1 heterocycles. The maximum atomic E-state index is 5.71. The summed E-state index contributed by atoms with van der Waals surface area (Å²) in [5.74, 6) is 0.859. The van der Waals surface area contributed by atoms with E-state index in [0.717, 1.165) is 71.2 Å². The van der Waals surface area contributed by atoms with Crippen molar-refractivity contribution in [2.45, 2.75) is 52.3 Å². The van der Waals surface area contributed by atoms with Crippen LogP contribution in [0.2, 0.25) is 0 Å². The Morgan fingerprint density at radius 2 is 2.14 bits per heavy atom. The van der Waals surface area contributed by atoms with Gasteiger partial charge in [0.05, 0.1) is 19.3 Å². The van der Waals surface area contributed by atoms with Gasteiger partial charge < -0.3 is 25.0 Å². The number of aliphatic imine (C=N–C) groups is 1. The average molecular weight is 391 g/mol. The zero-order valence-corrected chi connectivity index (χ0v) is 17.9. The highest BCUT2D eigenvalue weighted by Gasteiger charge is 2.14. The molecule has 1 atom stereocenters. The predicted molar refractivity (Wildman–Crippen MR) is 116 cm³/mol. The molecule has 0 bridgehead atoms. The fourth-order valence-electron chi connectivity index (χ4n) is 3.13. The van der Waals surface area contributed by atoms with Crippen molar-refractivity contribution in [2.75, 3.05) is 46.5 Å². The smallest absolute Gasteiger partial charge is 0.191 e. The molecule has 1 unspecified atom stereocenters. The summed E-state index contributed by atoms with van der Waals surface area (Å²) >= 11 is 0. The summed E-state index contributed by atoms with van der Waals surface area (Å²) in [5, 5.41) is 6.71. The van der Waals surface area contributed by atoms with E-state index in [1.165, 1.54) is 11.1 Å². The van der Waals surface area contributed by atoms with Crippen LogP contribution in [-0.2, 0) is 22.6 Å². The third-order valence-electron chi connectivity index (χ3n) is 4.83. The van der Waals surface area contributed by atoms with E-state index in [1.54, 1.807) is 0 Å². The first-order valence-electron chi connectivity index (χ1n) is 10.7. The lowest BCUT2D eigenvalue weighted by Gasteiger charge is -2.14. The van der Waals surface area contributed by atoms with Gasteiger partial charge in [-0.25, -0.2) is 4.99 Å². The Morgan fingerprint density at radius 3 is 2.89 bits per heavy atom. The van der Waals surface area contributed by atoms with E-state index in [-0.39, 0.29) is 0 Å². The van der Waals surface area contributed by atoms with Crippen molar-refractivity contribution < 1.29 is 9.47 Å². The van der Waals surface area contributed by atoms with Crippen LogP contribution in [0.4, 0.5) is 0 Å². The topological polar surface area (TPSA) is 58.1 Å². The standard InChI is InChI=1S/C22H38N4O2/c1-4-23-22(24-12-8-13-27-18-21-11-7-14-28-21)25-16-19-9-6-10-20(15-19)17-26(3)5-2/h6,9-10,15,21H,4-5,7-8,11-14,16-18H2,1-3H3,(H2,23,24,25). The van der Waals surface area contributed by atoms with E-state index < -0.39 is 0 Å². The molecule has 1 aromatic rings. The van der Waals surface area contributed by atoms with Crippen molar-refractivity contribution >= 4 is 5.96 Å². The number of ether oxygens (including phenoxy) is 2. The van der Waals surface area contributed by atoms with Gasteiger partial charge in [-0.2, -0.15) is 0 Å². The van der Waals surface area contributed by atoms with Gasteiger partial charge in [0.25, 0.3) is 0 Å². The van der Waals surface area contributed by atoms with Crippen molar-refractivity contribution in [1.29, 1.82) is 0 Å². The SMILES string of the molecule is CCNC(=NCc1cccc(CN(C)CC)c1)NCCCOCC1CCCO1. The number of rotatable bonds is 12. The molecule has 0 spiro atoms. The third kappa shape index (κ3) is 9.04. The summed E-state index contributed by atoms with van der Waals surface area (Å²) in [6.07, 6.45) is 3.55. The van der Waals surface area contributed by atoms with Crippen molar-refractivity contribution in [3.05, 3.63) is 35.4 Å². The van der Waals surface area contributed by atoms with E-state index >= 15 is 0 Å². The zero-order chi connectivity index (χ0) is 20.0. The van der Waals surface area contributed by atoms with Crippen LogP contribution in [0.1, 0.15) is 44.2 Å². The predicted octanol–water partition coefficient (Wildman–Crippen LogP) is 2.78. The number of nitrogens with zero attached hydrogens (tertiary/aromatic N) is 2. The molecule has 6 heteroatoms. The van der Waals surface area contributed by atoms with Gasteiger partial charge in [-0.3, -0.25) is 0 Å². The molecule has 0 radical (unpaired) electrons. The van der Waals surface area contributed by atoms with E-state index in [9.17, 15) is 0 Å². The number of hydrogen-bond donors (Lipinski definition) is 2. The minimum atomic E-state index is 0.305. The summed E-state index contributed by atoms with van der Waals surface area (Å²) in [6, 6.07) is 8.69. The van der Waals surface area contributed by atoms with Crippen molar-refractivity contribution in [2.24, 2.45) is 4.99 Å². The summed E-state index contributed by atoms with van der Waals surface area (Å²) in [7, 11) is 2.14. The Kier molecular flexibility index (Phi) is 10.9. The van der Waals surface area contributed by atoms with Crippen LogP contribution in [0.25, 0.3) is 0 Å². The average Bonchev–Trinajstić information content (AvgIpc) is 3.22. The molecular weight excluding hydrogens is 352 g/mol. The Hall–Kier alpha value is -1.63. The molecule has 1 aromatic carbocycles. The maximum absolute atomic E-state index is 5.71. The molecule has 28 heavy (non-hydrogen) atoms.